The topological polar surface area (TPSA) is 44.8 Å². The highest BCUT2D eigenvalue weighted by molar-refractivity contribution is 7.49. The fraction of sp³-hybridized carbons (Fsp3) is 0.400. The van der Waals surface area contributed by atoms with Gasteiger partial charge in [0.15, 0.2) is 5.75 Å². The van der Waals surface area contributed by atoms with E-state index in [2.05, 4.69) is 0 Å². The molecule has 0 amide bonds. The van der Waals surface area contributed by atoms with Gasteiger partial charge in [-0.15, -0.1) is 11.6 Å². The average Bonchev–Trinajstić information content (AvgIpc) is 2.46. The molecule has 21 heavy (non-hydrogen) atoms. The molecule has 0 aliphatic rings. The second kappa shape index (κ2) is 8.68. The fourth-order valence-electron chi connectivity index (χ4n) is 1.17. The maximum atomic E-state index is 12.4. The van der Waals surface area contributed by atoms with Crippen molar-refractivity contribution in [3.63, 3.8) is 0 Å². The Morgan fingerprint density at radius 2 is 1.38 bits per heavy atom. The van der Waals surface area contributed by atoms with Gasteiger partial charge in [-0.05, 0) is 6.92 Å². The lowest BCUT2D eigenvalue weighted by molar-refractivity contribution is 0.168. The number of alkyl halides is 1. The normalized spacial score (nSPS) is 14.0. The van der Waals surface area contributed by atoms with Gasteiger partial charge in [0.25, 0.3) is 0 Å². The summed E-state index contributed by atoms with van der Waals surface area (Å²) in [6.45, 7) is 1.60. The van der Waals surface area contributed by atoms with E-state index in [1.54, 1.807) is 6.92 Å². The summed E-state index contributed by atoms with van der Waals surface area (Å²) in [5.74, 6) is -0.159. The summed E-state index contributed by atoms with van der Waals surface area (Å²) >= 11 is 35.0. The Bertz CT molecular complexity index is 538. The van der Waals surface area contributed by atoms with Crippen LogP contribution in [0.2, 0.25) is 25.1 Å². The van der Waals surface area contributed by atoms with Gasteiger partial charge in [0.05, 0.1) is 28.3 Å². The van der Waals surface area contributed by atoms with Gasteiger partial charge in [0.1, 0.15) is 10.0 Å². The van der Waals surface area contributed by atoms with Crippen molar-refractivity contribution in [1.29, 1.82) is 0 Å². The molecule has 1 unspecified atom stereocenters. The van der Waals surface area contributed by atoms with Crippen LogP contribution in [-0.2, 0) is 13.6 Å². The van der Waals surface area contributed by atoms with Crippen molar-refractivity contribution in [2.45, 2.75) is 6.92 Å². The van der Waals surface area contributed by atoms with E-state index in [-0.39, 0.29) is 50.0 Å². The van der Waals surface area contributed by atoms with Gasteiger partial charge in [-0.3, -0.25) is 9.05 Å². The van der Waals surface area contributed by atoms with Crippen molar-refractivity contribution in [2.75, 3.05) is 19.1 Å². The number of phosphoric ester groups is 1. The molecule has 0 saturated carbocycles. The predicted molar refractivity (Wildman–Crippen MR) is 88.0 cm³/mol. The van der Waals surface area contributed by atoms with Crippen molar-refractivity contribution in [1.82, 2.24) is 0 Å². The average molecular weight is 437 g/mol. The zero-order valence-electron chi connectivity index (χ0n) is 10.5. The Morgan fingerprint density at radius 3 is 1.81 bits per heavy atom. The van der Waals surface area contributed by atoms with Crippen LogP contribution >= 0.6 is 77.4 Å². The third-order valence-electron chi connectivity index (χ3n) is 1.99. The lowest BCUT2D eigenvalue weighted by Crippen LogP contribution is -2.05. The van der Waals surface area contributed by atoms with Gasteiger partial charge >= 0.3 is 7.82 Å². The van der Waals surface area contributed by atoms with Crippen LogP contribution in [0.4, 0.5) is 0 Å². The second-order valence-electron chi connectivity index (χ2n) is 3.38. The molecule has 0 spiro atoms. The van der Waals surface area contributed by atoms with Crippen molar-refractivity contribution < 1.29 is 18.1 Å². The van der Waals surface area contributed by atoms with E-state index in [1.807, 2.05) is 0 Å². The highest BCUT2D eigenvalue weighted by Gasteiger charge is 2.32. The molecule has 0 aliphatic heterocycles. The molecule has 0 radical (unpaired) electrons. The number of hydrogen-bond donors (Lipinski definition) is 0. The number of phosphoric acid groups is 1. The van der Waals surface area contributed by atoms with E-state index in [0.717, 1.165) is 0 Å². The van der Waals surface area contributed by atoms with Crippen LogP contribution in [0.25, 0.3) is 0 Å². The van der Waals surface area contributed by atoms with E-state index in [1.165, 1.54) is 0 Å². The molecule has 0 bridgehead atoms. The maximum absolute atomic E-state index is 12.4. The minimum absolute atomic E-state index is 0.0476. The van der Waals surface area contributed by atoms with E-state index >= 15 is 0 Å². The summed E-state index contributed by atoms with van der Waals surface area (Å²) in [6, 6.07) is 0. The zero-order chi connectivity index (χ0) is 16.2. The van der Waals surface area contributed by atoms with Crippen molar-refractivity contribution in [3.8, 4) is 5.75 Å². The van der Waals surface area contributed by atoms with Crippen molar-refractivity contribution in [3.05, 3.63) is 25.1 Å². The standard InChI is InChI=1S/C10H9Cl6O4P/c1-2-18-21(17,19-4-3-11)20-10-8(15)6(13)5(12)7(14)9(10)16/h2-4H2,1H3. The first-order valence-electron chi connectivity index (χ1n) is 5.43. The highest BCUT2D eigenvalue weighted by atomic mass is 35.5. The zero-order valence-corrected chi connectivity index (χ0v) is 15.9. The SMILES string of the molecule is CCOP(=O)(OCCCl)Oc1c(Cl)c(Cl)c(Cl)c(Cl)c1Cl. The van der Waals surface area contributed by atoms with Gasteiger partial charge in [0, 0.05) is 5.88 Å². The molecule has 1 rings (SSSR count). The Balaban J connectivity index is 3.24. The van der Waals surface area contributed by atoms with Crippen molar-refractivity contribution in [2.24, 2.45) is 0 Å². The first-order chi connectivity index (χ1) is 9.77. The van der Waals surface area contributed by atoms with E-state index in [9.17, 15) is 4.57 Å². The predicted octanol–water partition coefficient (Wildman–Crippen LogP) is 6.73. The van der Waals surface area contributed by atoms with Gasteiger partial charge in [0.2, 0.25) is 0 Å². The van der Waals surface area contributed by atoms with E-state index in [4.69, 9.17) is 83.2 Å². The Labute approximate surface area is 152 Å². The van der Waals surface area contributed by atoms with Gasteiger partial charge in [-0.2, -0.15) is 0 Å². The quantitative estimate of drug-likeness (QED) is 0.206. The molecule has 4 nitrogen and oxygen atoms in total. The molecule has 0 N–H and O–H groups in total. The number of rotatable bonds is 7. The molecule has 1 aromatic carbocycles. The summed E-state index contributed by atoms with van der Waals surface area (Å²) in [7, 11) is -3.98. The largest absolute Gasteiger partial charge is 0.530 e. The van der Waals surface area contributed by atoms with Crippen LogP contribution in [0.15, 0.2) is 0 Å². The third kappa shape index (κ3) is 4.94. The van der Waals surface area contributed by atoms with Crippen LogP contribution < -0.4 is 4.52 Å². The van der Waals surface area contributed by atoms with Gasteiger partial charge in [-0.25, -0.2) is 4.57 Å². The van der Waals surface area contributed by atoms with Crippen LogP contribution in [0, 0.1) is 0 Å². The van der Waals surface area contributed by atoms with Gasteiger partial charge < -0.3 is 4.52 Å². The molecule has 0 saturated heterocycles. The summed E-state index contributed by atoms with van der Waals surface area (Å²) in [4.78, 5) is 0. The fourth-order valence-corrected chi connectivity index (χ4v) is 3.88. The monoisotopic (exact) mass is 434 g/mol. The molecule has 0 heterocycles. The van der Waals surface area contributed by atoms with Crippen LogP contribution in [0.5, 0.6) is 5.75 Å². The summed E-state index contributed by atoms with van der Waals surface area (Å²) in [6.07, 6.45) is 0. The lowest BCUT2D eigenvalue weighted by atomic mass is 10.3. The highest BCUT2D eigenvalue weighted by Crippen LogP contribution is 2.56. The van der Waals surface area contributed by atoms with Crippen LogP contribution in [-0.4, -0.2) is 19.1 Å². The molecular formula is C10H9Cl6O4P. The Hall–Kier alpha value is 0.910. The molecule has 1 aromatic rings. The minimum atomic E-state index is -3.98. The summed E-state index contributed by atoms with van der Waals surface area (Å²) in [5.41, 5.74) is 0. The molecule has 120 valence electrons. The second-order valence-corrected chi connectivity index (χ2v) is 7.24. The maximum Gasteiger partial charge on any atom is 0.530 e. The Kier molecular flexibility index (Phi) is 8.24. The van der Waals surface area contributed by atoms with Crippen molar-refractivity contribution >= 4 is 77.4 Å². The van der Waals surface area contributed by atoms with E-state index in [0.29, 0.717) is 0 Å². The number of benzene rings is 1. The number of halogens is 6. The molecule has 1 atom stereocenters. The Morgan fingerprint density at radius 1 is 0.905 bits per heavy atom. The smallest absolute Gasteiger partial charge is 0.401 e. The molecule has 0 fully saturated rings. The van der Waals surface area contributed by atoms with E-state index < -0.39 is 7.82 Å². The number of hydrogen-bond acceptors (Lipinski definition) is 4. The molecule has 0 aliphatic carbocycles. The molecule has 0 aromatic heterocycles. The molecular weight excluding hydrogens is 428 g/mol. The first-order valence-corrected chi connectivity index (χ1v) is 9.32. The molecule has 11 heteroatoms. The first kappa shape index (κ1) is 20.0. The third-order valence-corrected chi connectivity index (χ3v) is 5.86. The summed E-state index contributed by atoms with van der Waals surface area (Å²) in [5, 5.41) is -0.559. The van der Waals surface area contributed by atoms with Crippen LogP contribution in [0.3, 0.4) is 0 Å². The van der Waals surface area contributed by atoms with Crippen LogP contribution in [0.1, 0.15) is 6.92 Å². The minimum Gasteiger partial charge on any atom is -0.401 e. The summed E-state index contributed by atoms with van der Waals surface area (Å²) < 4.78 is 27.5. The van der Waals surface area contributed by atoms with Gasteiger partial charge in [-0.1, -0.05) is 58.0 Å². The lowest BCUT2D eigenvalue weighted by Gasteiger charge is -2.20.